The van der Waals surface area contributed by atoms with E-state index in [0.29, 0.717) is 6.54 Å². The number of rotatable bonds is 4. The van der Waals surface area contributed by atoms with Gasteiger partial charge in [0.25, 0.3) is 0 Å². The number of hydrogen-bond acceptors (Lipinski definition) is 3. The normalized spacial score (nSPS) is 20.2. The molecule has 2 aliphatic rings. The van der Waals surface area contributed by atoms with Gasteiger partial charge in [-0.25, -0.2) is 9.59 Å². The van der Waals surface area contributed by atoms with E-state index in [2.05, 4.69) is 4.99 Å². The van der Waals surface area contributed by atoms with Crippen LogP contribution in [-0.4, -0.2) is 36.1 Å². The van der Waals surface area contributed by atoms with Gasteiger partial charge in [-0.05, 0) is 32.8 Å². The van der Waals surface area contributed by atoms with Crippen molar-refractivity contribution < 1.29 is 9.59 Å². The SMILES string of the molecule is CC(C)N1CCN(c2ccccc2C2(N=C=O)CCCC2)C1=O. The number of benzene rings is 1. The maximum Gasteiger partial charge on any atom is 0.324 e. The standard InChI is InChI=1S/C18H23N3O2/c1-14(2)20-11-12-21(17(20)23)16-8-4-3-7-15(16)18(19-13-22)9-5-6-10-18/h3-4,7-8,14H,5-6,9-12H2,1-2H3. The van der Waals surface area contributed by atoms with Gasteiger partial charge in [-0.15, -0.1) is 0 Å². The lowest BCUT2D eigenvalue weighted by atomic mass is 9.87. The summed E-state index contributed by atoms with van der Waals surface area (Å²) in [6.45, 7) is 5.47. The minimum Gasteiger partial charge on any atom is -0.320 e. The summed E-state index contributed by atoms with van der Waals surface area (Å²) in [4.78, 5) is 31.6. The summed E-state index contributed by atoms with van der Waals surface area (Å²) in [6.07, 6.45) is 5.55. The molecule has 0 atom stereocenters. The van der Waals surface area contributed by atoms with E-state index in [-0.39, 0.29) is 12.1 Å². The first-order chi connectivity index (χ1) is 11.1. The Balaban J connectivity index is 2.02. The maximum absolute atomic E-state index is 12.7. The Hall–Kier alpha value is -2.13. The van der Waals surface area contributed by atoms with E-state index in [0.717, 1.165) is 43.5 Å². The minimum absolute atomic E-state index is 0.0377. The zero-order valence-electron chi connectivity index (χ0n) is 13.8. The van der Waals surface area contributed by atoms with Gasteiger partial charge in [0, 0.05) is 24.7 Å². The molecule has 1 heterocycles. The van der Waals surface area contributed by atoms with E-state index in [9.17, 15) is 9.59 Å². The monoisotopic (exact) mass is 313 g/mol. The lowest BCUT2D eigenvalue weighted by Crippen LogP contribution is -2.37. The van der Waals surface area contributed by atoms with Crippen molar-refractivity contribution >= 4 is 17.8 Å². The van der Waals surface area contributed by atoms with Crippen molar-refractivity contribution in [1.29, 1.82) is 0 Å². The van der Waals surface area contributed by atoms with Crippen LogP contribution < -0.4 is 4.90 Å². The fourth-order valence-corrected chi connectivity index (χ4v) is 3.85. The fraction of sp³-hybridized carbons (Fsp3) is 0.556. The van der Waals surface area contributed by atoms with Gasteiger partial charge < -0.3 is 4.90 Å². The van der Waals surface area contributed by atoms with Crippen LogP contribution in [0.1, 0.15) is 45.1 Å². The molecule has 0 aromatic heterocycles. The van der Waals surface area contributed by atoms with Crippen LogP contribution in [0, 0.1) is 0 Å². The van der Waals surface area contributed by atoms with Crippen molar-refractivity contribution in [1.82, 2.24) is 4.90 Å². The molecule has 0 bridgehead atoms. The molecule has 0 spiro atoms. The van der Waals surface area contributed by atoms with E-state index in [1.54, 1.807) is 6.08 Å². The van der Waals surface area contributed by atoms with Crippen molar-refractivity contribution in [2.75, 3.05) is 18.0 Å². The molecule has 5 nitrogen and oxygen atoms in total. The second-order valence-electron chi connectivity index (χ2n) is 6.68. The number of para-hydroxylation sites is 1. The molecule has 0 radical (unpaired) electrons. The van der Waals surface area contributed by atoms with E-state index < -0.39 is 5.54 Å². The molecule has 23 heavy (non-hydrogen) atoms. The summed E-state index contributed by atoms with van der Waals surface area (Å²) in [6, 6.07) is 8.10. The summed E-state index contributed by atoms with van der Waals surface area (Å²) >= 11 is 0. The molecule has 122 valence electrons. The molecule has 1 aromatic rings. The largest absolute Gasteiger partial charge is 0.324 e. The molecule has 1 saturated carbocycles. The number of carbonyl (C=O) groups is 1. The number of aliphatic imine (C=N–C) groups is 1. The number of urea groups is 1. The van der Waals surface area contributed by atoms with E-state index in [1.807, 2.05) is 47.9 Å². The van der Waals surface area contributed by atoms with Crippen LogP contribution in [0.25, 0.3) is 0 Å². The first-order valence-electron chi connectivity index (χ1n) is 8.36. The zero-order chi connectivity index (χ0) is 16.4. The van der Waals surface area contributed by atoms with Crippen molar-refractivity contribution in [3.63, 3.8) is 0 Å². The molecule has 3 rings (SSSR count). The topological polar surface area (TPSA) is 53.0 Å². The molecular formula is C18H23N3O2. The van der Waals surface area contributed by atoms with E-state index in [4.69, 9.17) is 0 Å². The smallest absolute Gasteiger partial charge is 0.320 e. The van der Waals surface area contributed by atoms with Gasteiger partial charge in [0.05, 0.1) is 5.69 Å². The molecule has 0 N–H and O–H groups in total. The Morgan fingerprint density at radius 1 is 1.17 bits per heavy atom. The quantitative estimate of drug-likeness (QED) is 0.631. The summed E-state index contributed by atoms with van der Waals surface area (Å²) in [7, 11) is 0. The highest BCUT2D eigenvalue weighted by Gasteiger charge is 2.40. The first-order valence-corrected chi connectivity index (χ1v) is 8.36. The second kappa shape index (κ2) is 6.17. The van der Waals surface area contributed by atoms with Crippen LogP contribution in [0.4, 0.5) is 10.5 Å². The second-order valence-corrected chi connectivity index (χ2v) is 6.68. The van der Waals surface area contributed by atoms with Gasteiger partial charge in [0.1, 0.15) is 5.54 Å². The number of carbonyl (C=O) groups excluding carboxylic acids is 2. The number of hydrogen-bond donors (Lipinski definition) is 0. The highest BCUT2D eigenvalue weighted by molar-refractivity contribution is 5.95. The van der Waals surface area contributed by atoms with E-state index in [1.165, 1.54) is 0 Å². The lowest BCUT2D eigenvalue weighted by Gasteiger charge is -2.29. The molecule has 5 heteroatoms. The van der Waals surface area contributed by atoms with Gasteiger partial charge in [-0.1, -0.05) is 31.0 Å². The summed E-state index contributed by atoms with van der Waals surface area (Å²) in [5.74, 6) is 0. The Labute approximate surface area is 137 Å². The lowest BCUT2D eigenvalue weighted by molar-refractivity contribution is 0.209. The molecular weight excluding hydrogens is 290 g/mol. The van der Waals surface area contributed by atoms with Crippen LogP contribution in [0.5, 0.6) is 0 Å². The van der Waals surface area contributed by atoms with Gasteiger partial charge in [0.2, 0.25) is 6.08 Å². The minimum atomic E-state index is -0.510. The highest BCUT2D eigenvalue weighted by Crippen LogP contribution is 2.46. The van der Waals surface area contributed by atoms with Crippen LogP contribution in [0.15, 0.2) is 29.3 Å². The molecule has 1 aromatic carbocycles. The number of isocyanates is 1. The molecule has 0 unspecified atom stereocenters. The Bertz CT molecular complexity index is 643. The Morgan fingerprint density at radius 2 is 1.87 bits per heavy atom. The van der Waals surface area contributed by atoms with Gasteiger partial charge in [-0.3, -0.25) is 4.90 Å². The average molecular weight is 313 g/mol. The fourth-order valence-electron chi connectivity index (χ4n) is 3.85. The number of anilines is 1. The van der Waals surface area contributed by atoms with Gasteiger partial charge in [0.15, 0.2) is 0 Å². The molecule has 1 aliphatic heterocycles. The third kappa shape index (κ3) is 2.66. The summed E-state index contributed by atoms with van der Waals surface area (Å²) < 4.78 is 0. The maximum atomic E-state index is 12.7. The van der Waals surface area contributed by atoms with Crippen LogP contribution >= 0.6 is 0 Å². The predicted octanol–water partition coefficient (Wildman–Crippen LogP) is 3.44. The summed E-state index contributed by atoms with van der Waals surface area (Å²) in [5.41, 5.74) is 1.37. The third-order valence-corrected chi connectivity index (χ3v) is 5.05. The number of amides is 2. The predicted molar refractivity (Wildman–Crippen MR) is 89.3 cm³/mol. The van der Waals surface area contributed by atoms with Crippen LogP contribution in [0.3, 0.4) is 0 Å². The van der Waals surface area contributed by atoms with E-state index >= 15 is 0 Å². The third-order valence-electron chi connectivity index (χ3n) is 5.05. The van der Waals surface area contributed by atoms with Crippen molar-refractivity contribution in [2.45, 2.75) is 51.1 Å². The van der Waals surface area contributed by atoms with Crippen molar-refractivity contribution in [3.8, 4) is 0 Å². The van der Waals surface area contributed by atoms with Crippen LogP contribution in [-0.2, 0) is 10.3 Å². The molecule has 1 saturated heterocycles. The number of nitrogens with zero attached hydrogens (tertiary/aromatic N) is 3. The Kier molecular flexibility index (Phi) is 4.22. The zero-order valence-corrected chi connectivity index (χ0v) is 13.8. The van der Waals surface area contributed by atoms with Crippen LogP contribution in [0.2, 0.25) is 0 Å². The average Bonchev–Trinajstić information content (AvgIpc) is 3.15. The molecule has 1 aliphatic carbocycles. The highest BCUT2D eigenvalue weighted by atomic mass is 16.2. The van der Waals surface area contributed by atoms with Gasteiger partial charge in [-0.2, -0.15) is 4.99 Å². The van der Waals surface area contributed by atoms with Crippen molar-refractivity contribution in [2.24, 2.45) is 4.99 Å². The first kappa shape index (κ1) is 15.8. The van der Waals surface area contributed by atoms with Gasteiger partial charge >= 0.3 is 6.03 Å². The molecule has 2 amide bonds. The Morgan fingerprint density at radius 3 is 2.48 bits per heavy atom. The summed E-state index contributed by atoms with van der Waals surface area (Å²) in [5, 5.41) is 0. The molecule has 2 fully saturated rings. The van der Waals surface area contributed by atoms with Crippen molar-refractivity contribution in [3.05, 3.63) is 29.8 Å².